The Kier molecular flexibility index (Phi) is 6.50. The molecule has 128 valence electrons. The van der Waals surface area contributed by atoms with Crippen LogP contribution in [0.4, 0.5) is 4.39 Å². The molecule has 2 aromatic rings. The number of hydrogen-bond acceptors (Lipinski definition) is 2. The minimum atomic E-state index is -0.223. The van der Waals surface area contributed by atoms with E-state index in [0.29, 0.717) is 25.1 Å². The first-order valence-corrected chi connectivity index (χ1v) is 8.20. The number of halogens is 1. The quantitative estimate of drug-likeness (QED) is 0.846. The molecule has 24 heavy (non-hydrogen) atoms. The Bertz CT molecular complexity index is 700. The summed E-state index contributed by atoms with van der Waals surface area (Å²) in [6.45, 7) is 5.66. The number of rotatable bonds is 7. The van der Waals surface area contributed by atoms with Gasteiger partial charge in [0.1, 0.15) is 5.82 Å². The van der Waals surface area contributed by atoms with Gasteiger partial charge in [-0.2, -0.15) is 0 Å². The van der Waals surface area contributed by atoms with Crippen LogP contribution >= 0.6 is 0 Å². The smallest absolute Gasteiger partial charge is 0.234 e. The Balaban J connectivity index is 1.76. The van der Waals surface area contributed by atoms with Crippen LogP contribution < -0.4 is 5.32 Å². The largest absolute Gasteiger partial charge is 0.355 e. The Labute approximate surface area is 143 Å². The van der Waals surface area contributed by atoms with Crippen LogP contribution in [0.25, 0.3) is 0 Å². The summed E-state index contributed by atoms with van der Waals surface area (Å²) in [4.78, 5) is 14.0. The van der Waals surface area contributed by atoms with E-state index < -0.39 is 0 Å². The first-order chi connectivity index (χ1) is 11.5. The number of nitrogens with zero attached hydrogens (tertiary/aromatic N) is 1. The van der Waals surface area contributed by atoms with Crippen molar-refractivity contribution in [1.29, 1.82) is 0 Å². The normalized spacial score (nSPS) is 10.9. The molecule has 0 saturated carbocycles. The topological polar surface area (TPSA) is 32.3 Å². The fourth-order valence-electron chi connectivity index (χ4n) is 2.71. The van der Waals surface area contributed by atoms with Gasteiger partial charge in [-0.3, -0.25) is 9.69 Å². The van der Waals surface area contributed by atoms with Gasteiger partial charge in [-0.05, 0) is 50.1 Å². The lowest BCUT2D eigenvalue weighted by Gasteiger charge is -2.18. The molecule has 3 nitrogen and oxygen atoms in total. The monoisotopic (exact) mass is 328 g/mol. The molecule has 0 bridgehead atoms. The van der Waals surface area contributed by atoms with Crippen molar-refractivity contribution in [2.45, 2.75) is 26.8 Å². The van der Waals surface area contributed by atoms with Crippen LogP contribution in [0.3, 0.4) is 0 Å². The number of hydrogen-bond donors (Lipinski definition) is 1. The minimum Gasteiger partial charge on any atom is -0.355 e. The zero-order valence-corrected chi connectivity index (χ0v) is 14.6. The molecule has 0 heterocycles. The molecule has 0 radical (unpaired) electrons. The van der Waals surface area contributed by atoms with E-state index in [1.165, 1.54) is 22.8 Å². The molecule has 4 heteroatoms. The minimum absolute atomic E-state index is 0.0430. The molecule has 0 aliphatic rings. The molecule has 0 atom stereocenters. The van der Waals surface area contributed by atoms with Crippen molar-refractivity contribution >= 4 is 5.91 Å². The van der Waals surface area contributed by atoms with Gasteiger partial charge >= 0.3 is 0 Å². The fraction of sp³-hybridized carbons (Fsp3) is 0.350. The van der Waals surface area contributed by atoms with Crippen LogP contribution in [0.2, 0.25) is 0 Å². The highest BCUT2D eigenvalue weighted by Gasteiger charge is 2.09. The summed E-state index contributed by atoms with van der Waals surface area (Å²) in [6.07, 6.45) is 0.499. The third-order valence-electron chi connectivity index (χ3n) is 4.03. The van der Waals surface area contributed by atoms with E-state index in [2.05, 4.69) is 37.4 Å². The van der Waals surface area contributed by atoms with E-state index in [1.54, 1.807) is 18.2 Å². The number of amides is 1. The molecule has 0 fully saturated rings. The molecule has 1 amide bonds. The third kappa shape index (κ3) is 5.46. The Morgan fingerprint density at radius 1 is 1.12 bits per heavy atom. The van der Waals surface area contributed by atoms with Crippen molar-refractivity contribution in [3.05, 3.63) is 70.5 Å². The maximum atomic E-state index is 13.5. The Morgan fingerprint density at radius 3 is 2.58 bits per heavy atom. The lowest BCUT2D eigenvalue weighted by Crippen LogP contribution is -2.36. The van der Waals surface area contributed by atoms with Crippen molar-refractivity contribution < 1.29 is 9.18 Å². The average molecular weight is 328 g/mol. The molecule has 1 N–H and O–H groups in total. The lowest BCUT2D eigenvalue weighted by atomic mass is 10.1. The fourth-order valence-corrected chi connectivity index (χ4v) is 2.71. The second-order valence-electron chi connectivity index (χ2n) is 6.29. The molecule has 0 spiro atoms. The van der Waals surface area contributed by atoms with Crippen LogP contribution in [-0.2, 0) is 17.8 Å². The lowest BCUT2D eigenvalue weighted by molar-refractivity contribution is -0.122. The van der Waals surface area contributed by atoms with Crippen molar-refractivity contribution in [2.24, 2.45) is 0 Å². The summed E-state index contributed by atoms with van der Waals surface area (Å²) in [7, 11) is 1.93. The van der Waals surface area contributed by atoms with Gasteiger partial charge in [0.25, 0.3) is 0 Å². The number of aryl methyl sites for hydroxylation is 2. The molecular weight excluding hydrogens is 303 g/mol. The number of carbonyl (C=O) groups excluding carboxylic acids is 1. The Hall–Kier alpha value is -2.20. The second-order valence-corrected chi connectivity index (χ2v) is 6.29. The van der Waals surface area contributed by atoms with E-state index in [-0.39, 0.29) is 11.7 Å². The van der Waals surface area contributed by atoms with Gasteiger partial charge in [0.15, 0.2) is 0 Å². The first kappa shape index (κ1) is 18.1. The van der Waals surface area contributed by atoms with Gasteiger partial charge < -0.3 is 5.32 Å². The van der Waals surface area contributed by atoms with Crippen molar-refractivity contribution in [3.63, 3.8) is 0 Å². The van der Waals surface area contributed by atoms with Crippen LogP contribution in [-0.4, -0.2) is 30.9 Å². The van der Waals surface area contributed by atoms with Crippen molar-refractivity contribution in [2.75, 3.05) is 20.1 Å². The zero-order valence-electron chi connectivity index (χ0n) is 14.6. The van der Waals surface area contributed by atoms with Gasteiger partial charge in [-0.25, -0.2) is 4.39 Å². The number of likely N-dealkylation sites (N-methyl/N-ethyl adjacent to an activating group) is 1. The molecule has 0 aromatic heterocycles. The van der Waals surface area contributed by atoms with Crippen molar-refractivity contribution in [3.8, 4) is 0 Å². The number of benzene rings is 2. The first-order valence-electron chi connectivity index (χ1n) is 8.20. The van der Waals surface area contributed by atoms with E-state index in [0.717, 1.165) is 6.54 Å². The zero-order chi connectivity index (χ0) is 17.5. The van der Waals surface area contributed by atoms with Crippen LogP contribution in [0.15, 0.2) is 42.5 Å². The summed E-state index contributed by atoms with van der Waals surface area (Å²) in [5.41, 5.74) is 4.33. The van der Waals surface area contributed by atoms with E-state index in [4.69, 9.17) is 0 Å². The number of nitrogens with one attached hydrogen (secondary N) is 1. The summed E-state index contributed by atoms with van der Waals surface area (Å²) >= 11 is 0. The highest BCUT2D eigenvalue weighted by atomic mass is 19.1. The highest BCUT2D eigenvalue weighted by Crippen LogP contribution is 2.12. The van der Waals surface area contributed by atoms with Gasteiger partial charge in [0, 0.05) is 13.1 Å². The third-order valence-corrected chi connectivity index (χ3v) is 4.03. The van der Waals surface area contributed by atoms with Crippen LogP contribution in [0.1, 0.15) is 22.3 Å². The van der Waals surface area contributed by atoms with Gasteiger partial charge in [0.05, 0.1) is 6.54 Å². The molecule has 0 saturated heterocycles. The summed E-state index contributed by atoms with van der Waals surface area (Å²) in [6, 6.07) is 13.0. The second kappa shape index (κ2) is 8.60. The van der Waals surface area contributed by atoms with E-state index in [9.17, 15) is 9.18 Å². The van der Waals surface area contributed by atoms with Gasteiger partial charge in [-0.15, -0.1) is 0 Å². The Morgan fingerprint density at radius 2 is 1.88 bits per heavy atom. The molecule has 2 rings (SSSR count). The van der Waals surface area contributed by atoms with Crippen molar-refractivity contribution in [1.82, 2.24) is 10.2 Å². The predicted molar refractivity (Wildman–Crippen MR) is 95.4 cm³/mol. The maximum absolute atomic E-state index is 13.5. The standard InChI is InChI=1S/C20H25FN2O/c1-15-8-9-18(16(2)12-15)13-23(3)14-20(24)22-11-10-17-6-4-5-7-19(17)21/h4-9,12H,10-11,13-14H2,1-3H3,(H,22,24). The molecule has 0 aliphatic carbocycles. The summed E-state index contributed by atoms with van der Waals surface area (Å²) in [5.74, 6) is -0.266. The molecule has 0 aliphatic heterocycles. The summed E-state index contributed by atoms with van der Waals surface area (Å²) in [5, 5.41) is 2.85. The maximum Gasteiger partial charge on any atom is 0.234 e. The van der Waals surface area contributed by atoms with Crippen LogP contribution in [0.5, 0.6) is 0 Å². The van der Waals surface area contributed by atoms with E-state index in [1.807, 2.05) is 11.9 Å². The van der Waals surface area contributed by atoms with Gasteiger partial charge in [0.2, 0.25) is 5.91 Å². The number of carbonyl (C=O) groups is 1. The molecule has 0 unspecified atom stereocenters. The van der Waals surface area contributed by atoms with Crippen LogP contribution in [0, 0.1) is 19.7 Å². The predicted octanol–water partition coefficient (Wildman–Crippen LogP) is 3.23. The van der Waals surface area contributed by atoms with Gasteiger partial charge in [-0.1, -0.05) is 42.0 Å². The SMILES string of the molecule is Cc1ccc(CN(C)CC(=O)NCCc2ccccc2F)c(C)c1. The molecule has 2 aromatic carbocycles. The summed E-state index contributed by atoms with van der Waals surface area (Å²) < 4.78 is 13.5. The highest BCUT2D eigenvalue weighted by molar-refractivity contribution is 5.77. The average Bonchev–Trinajstić information content (AvgIpc) is 2.52. The van der Waals surface area contributed by atoms with E-state index >= 15 is 0 Å². The molecular formula is C20H25FN2O.